The Morgan fingerprint density at radius 2 is 2.10 bits per heavy atom. The third-order valence-corrected chi connectivity index (χ3v) is 4.69. The zero-order chi connectivity index (χ0) is 21.5. The second-order valence-electron chi connectivity index (χ2n) is 7.71. The Balaban J connectivity index is 1.74. The molecule has 1 atom stereocenters. The summed E-state index contributed by atoms with van der Waals surface area (Å²) < 4.78 is 14.0. The first kappa shape index (κ1) is 21.7. The van der Waals surface area contributed by atoms with Crippen LogP contribution in [0.3, 0.4) is 0 Å². The molecule has 7 nitrogen and oxygen atoms in total. The predicted molar refractivity (Wildman–Crippen MR) is 121 cm³/mol. The lowest BCUT2D eigenvalue weighted by Gasteiger charge is -2.16. The molecular weight excluding hydrogens is 378 g/mol. The third kappa shape index (κ3) is 5.34. The number of para-hydroxylation sites is 1. The van der Waals surface area contributed by atoms with Gasteiger partial charge in [-0.2, -0.15) is 0 Å². The van der Waals surface area contributed by atoms with Crippen LogP contribution < -0.4 is 15.4 Å². The molecule has 1 aromatic carbocycles. The molecule has 3 rings (SSSR count). The fourth-order valence-corrected chi connectivity index (χ4v) is 3.34. The first-order chi connectivity index (χ1) is 14.5. The van der Waals surface area contributed by atoms with E-state index in [0.717, 1.165) is 47.4 Å². The minimum Gasteiger partial charge on any atom is -0.490 e. The van der Waals surface area contributed by atoms with Crippen LogP contribution in [-0.2, 0) is 13.1 Å². The Bertz CT molecular complexity index is 973. The summed E-state index contributed by atoms with van der Waals surface area (Å²) in [6.07, 6.45) is 3.85. The van der Waals surface area contributed by atoms with E-state index in [2.05, 4.69) is 53.9 Å². The largest absolute Gasteiger partial charge is 0.490 e. The van der Waals surface area contributed by atoms with E-state index in [9.17, 15) is 0 Å². The lowest BCUT2D eigenvalue weighted by Crippen LogP contribution is -2.38. The number of fused-ring (bicyclic) bond motifs is 1. The molecule has 3 aromatic rings. The summed E-state index contributed by atoms with van der Waals surface area (Å²) in [5.74, 6) is 3.85. The first-order valence-corrected chi connectivity index (χ1v) is 10.7. The first-order valence-electron chi connectivity index (χ1n) is 10.7. The van der Waals surface area contributed by atoms with Crippen LogP contribution in [0.2, 0.25) is 0 Å². The molecule has 162 valence electrons. The van der Waals surface area contributed by atoms with Crippen molar-refractivity contribution >= 4 is 16.9 Å². The lowest BCUT2D eigenvalue weighted by molar-refractivity contribution is 0.336. The second-order valence-corrected chi connectivity index (χ2v) is 7.71. The van der Waals surface area contributed by atoms with Gasteiger partial charge >= 0.3 is 0 Å². The molecule has 30 heavy (non-hydrogen) atoms. The molecule has 0 aliphatic heterocycles. The Morgan fingerprint density at radius 3 is 2.83 bits per heavy atom. The average molecular weight is 412 g/mol. The number of hydrogen-bond donors (Lipinski definition) is 2. The van der Waals surface area contributed by atoms with Gasteiger partial charge in [-0.3, -0.25) is 0 Å². The molecule has 2 heterocycles. The number of benzene rings is 1. The highest BCUT2D eigenvalue weighted by molar-refractivity contribution is 5.84. The summed E-state index contributed by atoms with van der Waals surface area (Å²) in [7, 11) is 0. The highest BCUT2D eigenvalue weighted by atomic mass is 16.5. The number of nitrogens with zero attached hydrogens (tertiary/aromatic N) is 3. The maximum atomic E-state index is 6.12. The van der Waals surface area contributed by atoms with Crippen LogP contribution >= 0.6 is 0 Å². The van der Waals surface area contributed by atoms with Gasteiger partial charge in [-0.1, -0.05) is 26.0 Å². The van der Waals surface area contributed by atoms with E-state index in [1.807, 2.05) is 37.5 Å². The summed E-state index contributed by atoms with van der Waals surface area (Å²) in [5, 5.41) is 7.77. The monoisotopic (exact) mass is 411 g/mol. The van der Waals surface area contributed by atoms with Crippen molar-refractivity contribution in [2.45, 2.75) is 53.8 Å². The van der Waals surface area contributed by atoms with Crippen LogP contribution in [0, 0.1) is 5.92 Å². The van der Waals surface area contributed by atoms with Gasteiger partial charge in [0.15, 0.2) is 17.3 Å². The van der Waals surface area contributed by atoms with Crippen LogP contribution in [0.5, 0.6) is 5.75 Å². The van der Waals surface area contributed by atoms with Gasteiger partial charge in [0, 0.05) is 30.9 Å². The Hall–Kier alpha value is -2.96. The van der Waals surface area contributed by atoms with Gasteiger partial charge < -0.3 is 24.4 Å². The van der Waals surface area contributed by atoms with Crippen molar-refractivity contribution in [1.29, 1.82) is 0 Å². The van der Waals surface area contributed by atoms with Crippen molar-refractivity contribution in [2.24, 2.45) is 10.9 Å². The number of imidazole rings is 1. The summed E-state index contributed by atoms with van der Waals surface area (Å²) >= 11 is 0. The molecule has 0 saturated heterocycles. The lowest BCUT2D eigenvalue weighted by atomic mass is 10.2. The molecule has 0 spiro atoms. The third-order valence-electron chi connectivity index (χ3n) is 4.69. The van der Waals surface area contributed by atoms with Crippen LogP contribution in [-0.4, -0.2) is 28.7 Å². The van der Waals surface area contributed by atoms with Crippen LogP contribution in [0.4, 0.5) is 0 Å². The zero-order valence-corrected chi connectivity index (χ0v) is 18.6. The van der Waals surface area contributed by atoms with E-state index in [0.29, 0.717) is 19.1 Å². The summed E-state index contributed by atoms with van der Waals surface area (Å²) in [6, 6.07) is 7.94. The number of guanidine groups is 1. The number of ether oxygens (including phenoxy) is 1. The van der Waals surface area contributed by atoms with Gasteiger partial charge in [-0.15, -0.1) is 0 Å². The average Bonchev–Trinajstić information content (AvgIpc) is 3.33. The highest BCUT2D eigenvalue weighted by Gasteiger charge is 2.16. The van der Waals surface area contributed by atoms with Crippen molar-refractivity contribution in [1.82, 2.24) is 20.2 Å². The van der Waals surface area contributed by atoms with Gasteiger partial charge in [0.1, 0.15) is 18.1 Å². The SMILES string of the molecule is CCNC(=NCc1nccn1CC(C)C)NC(C)c1cc2cccc(OCC)c2o1. The molecule has 2 N–H and O–H groups in total. The van der Waals surface area contributed by atoms with Gasteiger partial charge in [0.05, 0.1) is 12.6 Å². The van der Waals surface area contributed by atoms with E-state index >= 15 is 0 Å². The fourth-order valence-electron chi connectivity index (χ4n) is 3.34. The van der Waals surface area contributed by atoms with Crippen LogP contribution in [0.1, 0.15) is 52.2 Å². The van der Waals surface area contributed by atoms with E-state index < -0.39 is 0 Å². The number of furan rings is 1. The Labute approximate surface area is 178 Å². The molecule has 7 heteroatoms. The van der Waals surface area contributed by atoms with Crippen molar-refractivity contribution in [3.8, 4) is 5.75 Å². The van der Waals surface area contributed by atoms with Gasteiger partial charge in [-0.05, 0) is 38.8 Å². The van der Waals surface area contributed by atoms with Crippen molar-refractivity contribution in [2.75, 3.05) is 13.2 Å². The van der Waals surface area contributed by atoms with Crippen molar-refractivity contribution in [3.63, 3.8) is 0 Å². The number of rotatable bonds is 9. The maximum Gasteiger partial charge on any atom is 0.192 e. The highest BCUT2D eigenvalue weighted by Crippen LogP contribution is 2.31. The fraction of sp³-hybridized carbons (Fsp3) is 0.478. The number of hydrogen-bond acceptors (Lipinski definition) is 4. The predicted octanol–water partition coefficient (Wildman–Crippen LogP) is 4.50. The van der Waals surface area contributed by atoms with Crippen molar-refractivity contribution in [3.05, 3.63) is 48.2 Å². The second kappa shape index (κ2) is 10.2. The standard InChI is InChI=1S/C23H33N5O2/c1-6-24-23(26-14-21-25-11-12-28(21)15-16(3)4)27-17(5)20-13-18-9-8-10-19(29-7-2)22(18)30-20/h8-13,16-17H,6-7,14-15H2,1-5H3,(H2,24,26,27). The van der Waals surface area contributed by atoms with E-state index in [-0.39, 0.29) is 6.04 Å². The molecule has 0 radical (unpaired) electrons. The quantitative estimate of drug-likeness (QED) is 0.400. The molecular formula is C23H33N5O2. The number of nitrogens with one attached hydrogen (secondary N) is 2. The Morgan fingerprint density at radius 1 is 1.27 bits per heavy atom. The molecule has 0 saturated carbocycles. The van der Waals surface area contributed by atoms with Crippen LogP contribution in [0.15, 0.2) is 46.1 Å². The van der Waals surface area contributed by atoms with Gasteiger partial charge in [0.25, 0.3) is 0 Å². The normalized spacial score (nSPS) is 13.1. The smallest absolute Gasteiger partial charge is 0.192 e. The molecule has 1 unspecified atom stereocenters. The van der Waals surface area contributed by atoms with Crippen LogP contribution in [0.25, 0.3) is 11.0 Å². The van der Waals surface area contributed by atoms with Gasteiger partial charge in [-0.25, -0.2) is 9.98 Å². The summed E-state index contributed by atoms with van der Waals surface area (Å²) in [4.78, 5) is 9.20. The number of aliphatic imine (C=N–C) groups is 1. The molecule has 0 bridgehead atoms. The maximum absolute atomic E-state index is 6.12. The molecule has 0 amide bonds. The van der Waals surface area contributed by atoms with E-state index in [4.69, 9.17) is 14.1 Å². The minimum atomic E-state index is -0.0555. The van der Waals surface area contributed by atoms with E-state index in [1.165, 1.54) is 0 Å². The molecule has 0 fully saturated rings. The summed E-state index contributed by atoms with van der Waals surface area (Å²) in [6.45, 7) is 13.3. The Kier molecular flexibility index (Phi) is 7.38. The van der Waals surface area contributed by atoms with E-state index in [1.54, 1.807) is 0 Å². The van der Waals surface area contributed by atoms with Gasteiger partial charge in [0.2, 0.25) is 0 Å². The molecule has 0 aliphatic rings. The summed E-state index contributed by atoms with van der Waals surface area (Å²) in [5.41, 5.74) is 0.778. The molecule has 0 aliphatic carbocycles. The molecule has 2 aromatic heterocycles. The minimum absolute atomic E-state index is 0.0555. The topological polar surface area (TPSA) is 76.6 Å². The van der Waals surface area contributed by atoms with Crippen molar-refractivity contribution < 1.29 is 9.15 Å². The number of aromatic nitrogens is 2. The zero-order valence-electron chi connectivity index (χ0n) is 18.6.